The van der Waals surface area contributed by atoms with E-state index in [1.165, 1.54) is 0 Å². The lowest BCUT2D eigenvalue weighted by Crippen LogP contribution is -2.51. The molecule has 0 bridgehead atoms. The Morgan fingerprint density at radius 3 is 2.45 bits per heavy atom. The molecular formula is C22H21N3O3S. The lowest BCUT2D eigenvalue weighted by molar-refractivity contribution is -0.127. The number of thiocarbonyl (C=S) groups is 1. The lowest BCUT2D eigenvalue weighted by Gasteiger charge is -2.16. The smallest absolute Gasteiger partial charge is 0.279 e. The molecule has 0 heterocycles. The molecule has 3 aromatic rings. The van der Waals surface area contributed by atoms with Gasteiger partial charge in [-0.2, -0.15) is 0 Å². The van der Waals surface area contributed by atoms with Gasteiger partial charge in [0, 0.05) is 5.56 Å². The van der Waals surface area contributed by atoms with Crippen LogP contribution in [0.25, 0.3) is 10.8 Å². The van der Waals surface area contributed by atoms with Gasteiger partial charge in [-0.1, -0.05) is 48.0 Å². The van der Waals surface area contributed by atoms with Gasteiger partial charge in [-0.25, -0.2) is 0 Å². The molecule has 3 N–H and O–H groups in total. The molecule has 3 rings (SSSR count). The number of aryl methyl sites for hydroxylation is 1. The molecule has 148 valence electrons. The molecular weight excluding hydrogens is 386 g/mol. The molecule has 2 amide bonds. The topological polar surface area (TPSA) is 79.5 Å². The van der Waals surface area contributed by atoms with Crippen molar-refractivity contribution in [1.29, 1.82) is 0 Å². The number of hydrazine groups is 1. The lowest BCUT2D eigenvalue weighted by atomic mass is 10.1. The third kappa shape index (κ3) is 5.52. The van der Waals surface area contributed by atoms with Crippen molar-refractivity contribution in [3.05, 3.63) is 77.9 Å². The maximum absolute atomic E-state index is 12.2. The van der Waals surface area contributed by atoms with Crippen LogP contribution in [0.5, 0.6) is 5.75 Å². The highest BCUT2D eigenvalue weighted by atomic mass is 32.1. The summed E-state index contributed by atoms with van der Waals surface area (Å²) in [5.41, 5.74) is 6.39. The Bertz CT molecular complexity index is 1070. The highest BCUT2D eigenvalue weighted by molar-refractivity contribution is 7.80. The van der Waals surface area contributed by atoms with Crippen LogP contribution in [0.2, 0.25) is 0 Å². The number of ether oxygens (including phenoxy) is 1. The van der Waals surface area contributed by atoms with E-state index in [0.29, 0.717) is 11.3 Å². The van der Waals surface area contributed by atoms with E-state index < -0.39 is 12.0 Å². The summed E-state index contributed by atoms with van der Waals surface area (Å²) in [6, 6.07) is 20.6. The van der Waals surface area contributed by atoms with E-state index in [4.69, 9.17) is 17.0 Å². The Morgan fingerprint density at radius 2 is 1.69 bits per heavy atom. The number of nitrogens with one attached hydrogen (secondary N) is 3. The van der Waals surface area contributed by atoms with E-state index >= 15 is 0 Å². The van der Waals surface area contributed by atoms with Gasteiger partial charge in [0.25, 0.3) is 11.8 Å². The van der Waals surface area contributed by atoms with E-state index in [-0.39, 0.29) is 11.0 Å². The van der Waals surface area contributed by atoms with Gasteiger partial charge in [0.1, 0.15) is 5.75 Å². The van der Waals surface area contributed by atoms with E-state index in [2.05, 4.69) is 16.2 Å². The maximum Gasteiger partial charge on any atom is 0.279 e. The van der Waals surface area contributed by atoms with Gasteiger partial charge in [-0.3, -0.25) is 25.8 Å². The Morgan fingerprint density at radius 1 is 0.931 bits per heavy atom. The molecule has 0 aromatic heterocycles. The SMILES string of the molecule is Cc1cccc(C(=O)NC(=S)NNC(=O)[C@@H](C)Oc2ccc3ccccc3c2)c1. The minimum atomic E-state index is -0.765. The normalized spacial score (nSPS) is 11.4. The number of hydrogen-bond acceptors (Lipinski definition) is 4. The van der Waals surface area contributed by atoms with Gasteiger partial charge in [-0.15, -0.1) is 0 Å². The van der Waals surface area contributed by atoms with Crippen LogP contribution >= 0.6 is 12.2 Å². The molecule has 3 aromatic carbocycles. The molecule has 0 saturated carbocycles. The van der Waals surface area contributed by atoms with Crippen LogP contribution in [-0.4, -0.2) is 23.0 Å². The number of benzene rings is 3. The van der Waals surface area contributed by atoms with Crippen molar-refractivity contribution in [2.75, 3.05) is 0 Å². The second kappa shape index (κ2) is 9.16. The second-order valence-electron chi connectivity index (χ2n) is 6.54. The molecule has 1 atom stereocenters. The van der Waals surface area contributed by atoms with Crippen molar-refractivity contribution >= 4 is 39.9 Å². The first-order valence-electron chi connectivity index (χ1n) is 9.05. The van der Waals surface area contributed by atoms with E-state index in [0.717, 1.165) is 16.3 Å². The van der Waals surface area contributed by atoms with Crippen molar-refractivity contribution < 1.29 is 14.3 Å². The van der Waals surface area contributed by atoms with Crippen LogP contribution in [0.4, 0.5) is 0 Å². The molecule has 0 aliphatic rings. The zero-order valence-corrected chi connectivity index (χ0v) is 16.9. The zero-order chi connectivity index (χ0) is 20.8. The fraction of sp³-hybridized carbons (Fsp3) is 0.136. The molecule has 0 radical (unpaired) electrons. The van der Waals surface area contributed by atoms with Crippen molar-refractivity contribution in [2.45, 2.75) is 20.0 Å². The number of amides is 2. The number of hydrogen-bond donors (Lipinski definition) is 3. The highest BCUT2D eigenvalue weighted by Gasteiger charge is 2.15. The molecule has 0 aliphatic carbocycles. The number of fused-ring (bicyclic) bond motifs is 1. The summed E-state index contributed by atoms with van der Waals surface area (Å²) in [6.07, 6.45) is -0.765. The zero-order valence-electron chi connectivity index (χ0n) is 16.1. The summed E-state index contributed by atoms with van der Waals surface area (Å²) in [7, 11) is 0. The summed E-state index contributed by atoms with van der Waals surface area (Å²) in [6.45, 7) is 3.52. The first kappa shape index (κ1) is 20.3. The summed E-state index contributed by atoms with van der Waals surface area (Å²) in [5, 5.41) is 4.62. The van der Waals surface area contributed by atoms with Crippen LogP contribution < -0.4 is 20.9 Å². The predicted octanol–water partition coefficient (Wildman–Crippen LogP) is 3.25. The highest BCUT2D eigenvalue weighted by Crippen LogP contribution is 2.21. The fourth-order valence-corrected chi connectivity index (χ4v) is 2.85. The molecule has 0 aliphatic heterocycles. The molecule has 0 spiro atoms. The predicted molar refractivity (Wildman–Crippen MR) is 117 cm³/mol. The Kier molecular flexibility index (Phi) is 6.41. The molecule has 6 nitrogen and oxygen atoms in total. The van der Waals surface area contributed by atoms with Crippen LogP contribution in [0, 0.1) is 6.92 Å². The van der Waals surface area contributed by atoms with E-state index in [9.17, 15) is 9.59 Å². The van der Waals surface area contributed by atoms with Gasteiger partial charge in [-0.05, 0) is 61.1 Å². The minimum Gasteiger partial charge on any atom is -0.481 e. The fourth-order valence-electron chi connectivity index (χ4n) is 2.71. The summed E-state index contributed by atoms with van der Waals surface area (Å²) in [4.78, 5) is 24.4. The largest absolute Gasteiger partial charge is 0.481 e. The summed E-state index contributed by atoms with van der Waals surface area (Å²) in [5.74, 6) is -0.201. The van der Waals surface area contributed by atoms with Crippen molar-refractivity contribution in [1.82, 2.24) is 16.2 Å². The number of carbonyl (C=O) groups excluding carboxylic acids is 2. The number of rotatable bonds is 4. The van der Waals surface area contributed by atoms with Crippen molar-refractivity contribution in [3.8, 4) is 5.75 Å². The molecule has 0 unspecified atom stereocenters. The van der Waals surface area contributed by atoms with Crippen molar-refractivity contribution in [3.63, 3.8) is 0 Å². The molecule has 7 heteroatoms. The van der Waals surface area contributed by atoms with E-state index in [1.54, 1.807) is 25.1 Å². The minimum absolute atomic E-state index is 0.0113. The summed E-state index contributed by atoms with van der Waals surface area (Å²) < 4.78 is 5.70. The van der Waals surface area contributed by atoms with Crippen LogP contribution in [0.3, 0.4) is 0 Å². The van der Waals surface area contributed by atoms with Gasteiger partial charge in [0.05, 0.1) is 0 Å². The van der Waals surface area contributed by atoms with Crippen LogP contribution in [-0.2, 0) is 4.79 Å². The first-order chi connectivity index (χ1) is 13.9. The van der Waals surface area contributed by atoms with Gasteiger partial charge in [0.2, 0.25) is 0 Å². The third-order valence-corrected chi connectivity index (χ3v) is 4.41. The van der Waals surface area contributed by atoms with Gasteiger partial charge < -0.3 is 4.74 Å². The number of carbonyl (C=O) groups is 2. The van der Waals surface area contributed by atoms with Gasteiger partial charge in [0.15, 0.2) is 11.2 Å². The van der Waals surface area contributed by atoms with Crippen molar-refractivity contribution in [2.24, 2.45) is 0 Å². The monoisotopic (exact) mass is 407 g/mol. The second-order valence-corrected chi connectivity index (χ2v) is 6.94. The summed E-state index contributed by atoms with van der Waals surface area (Å²) >= 11 is 5.05. The van der Waals surface area contributed by atoms with E-state index in [1.807, 2.05) is 55.5 Å². The Labute approximate surface area is 174 Å². The quantitative estimate of drug-likeness (QED) is 0.457. The average Bonchev–Trinajstić information content (AvgIpc) is 2.71. The third-order valence-electron chi connectivity index (χ3n) is 4.21. The molecule has 29 heavy (non-hydrogen) atoms. The Hall–Kier alpha value is -3.45. The maximum atomic E-state index is 12.2. The molecule has 0 fully saturated rings. The van der Waals surface area contributed by atoms with Crippen LogP contribution in [0.15, 0.2) is 66.7 Å². The van der Waals surface area contributed by atoms with Gasteiger partial charge >= 0.3 is 0 Å². The average molecular weight is 407 g/mol. The Balaban J connectivity index is 1.50. The molecule has 0 saturated heterocycles. The first-order valence-corrected chi connectivity index (χ1v) is 9.46. The van der Waals surface area contributed by atoms with Crippen LogP contribution in [0.1, 0.15) is 22.8 Å². The standard InChI is InChI=1S/C22H21N3O3S/c1-14-6-5-9-18(12-14)21(27)23-22(29)25-24-20(26)15(2)28-19-11-10-16-7-3-4-8-17(16)13-19/h3-13,15H,1-2H3,(H,24,26)(H2,23,25,27,29)/t15-/m1/s1.